The van der Waals surface area contributed by atoms with Gasteiger partial charge in [0.1, 0.15) is 5.82 Å². The largest absolute Gasteiger partial charge is 0.502 e. The number of carbonyl (C=O) groups excluding carboxylic acids is 4. The summed E-state index contributed by atoms with van der Waals surface area (Å²) < 4.78 is 24.8. The van der Waals surface area contributed by atoms with Gasteiger partial charge in [0.2, 0.25) is 17.6 Å². The highest BCUT2D eigenvalue weighted by Gasteiger charge is 2.76. The molecule has 2 aliphatic carbocycles. The van der Waals surface area contributed by atoms with Gasteiger partial charge in [0, 0.05) is 5.92 Å². The number of fused-ring (bicyclic) bond motifs is 4. The molecule has 9 nitrogen and oxygen atoms in total. The maximum absolute atomic E-state index is 14.6. The second-order valence-corrected chi connectivity index (χ2v) is 13.8. The van der Waals surface area contributed by atoms with Gasteiger partial charge in [-0.2, -0.15) is 0 Å². The van der Waals surface area contributed by atoms with Gasteiger partial charge in [-0.3, -0.25) is 24.1 Å². The number of methoxy groups -OCH3 is 2. The lowest BCUT2D eigenvalue weighted by Gasteiger charge is -2.50. The van der Waals surface area contributed by atoms with Crippen molar-refractivity contribution in [3.8, 4) is 17.2 Å². The summed E-state index contributed by atoms with van der Waals surface area (Å²) in [4.78, 5) is 55.0. The third-order valence-corrected chi connectivity index (χ3v) is 11.7. The number of halogens is 3. The van der Waals surface area contributed by atoms with Crippen LogP contribution in [0.5, 0.6) is 17.2 Å². The third kappa shape index (κ3) is 4.28. The molecule has 4 amide bonds. The summed E-state index contributed by atoms with van der Waals surface area (Å²) >= 11 is 14.9. The number of phenols is 1. The van der Waals surface area contributed by atoms with Crippen molar-refractivity contribution in [2.75, 3.05) is 24.0 Å². The molecule has 1 N–H and O–H groups in total. The van der Waals surface area contributed by atoms with E-state index in [1.165, 1.54) is 43.4 Å². The molecule has 2 heterocycles. The molecule has 12 heteroatoms. The molecule has 2 saturated heterocycles. The maximum Gasteiger partial charge on any atom is 0.258 e. The molecule has 0 unspecified atom stereocenters. The average Bonchev–Trinajstić information content (AvgIpc) is 3.43. The molecule has 6 atom stereocenters. The molecule has 2 aliphatic heterocycles. The number of hydrogen-bond donors (Lipinski definition) is 1. The maximum atomic E-state index is 14.6. The predicted octanol–water partition coefficient (Wildman–Crippen LogP) is 5.88. The minimum Gasteiger partial charge on any atom is -0.502 e. The minimum atomic E-state index is -2.15. The number of alkyl halides is 2. The summed E-state index contributed by atoms with van der Waals surface area (Å²) in [6.45, 7) is 2.01. The number of allylic oxidation sites excluding steroid dienone is 2. The lowest BCUT2D eigenvalue weighted by molar-refractivity contribution is -0.125. The van der Waals surface area contributed by atoms with Crippen molar-refractivity contribution in [2.45, 2.75) is 41.9 Å². The van der Waals surface area contributed by atoms with E-state index in [0.717, 1.165) is 29.0 Å². The summed E-state index contributed by atoms with van der Waals surface area (Å²) in [5.41, 5.74) is 2.46. The smallest absolute Gasteiger partial charge is 0.258 e. The van der Waals surface area contributed by atoms with E-state index in [9.17, 15) is 28.7 Å². The summed E-state index contributed by atoms with van der Waals surface area (Å²) in [6.07, 6.45) is 2.56. The number of hydrogen-bond acceptors (Lipinski definition) is 7. The quantitative estimate of drug-likeness (QED) is 0.195. The zero-order chi connectivity index (χ0) is 34.3. The van der Waals surface area contributed by atoms with E-state index in [0.29, 0.717) is 16.8 Å². The molecule has 4 aliphatic rings. The van der Waals surface area contributed by atoms with Gasteiger partial charge >= 0.3 is 0 Å². The first-order valence-electron chi connectivity index (χ1n) is 15.5. The zero-order valence-electron chi connectivity index (χ0n) is 26.2. The zero-order valence-corrected chi connectivity index (χ0v) is 27.7. The highest BCUT2D eigenvalue weighted by molar-refractivity contribution is 6.58. The molecule has 7 rings (SSSR count). The number of rotatable bonds is 6. The topological polar surface area (TPSA) is 113 Å². The fraction of sp³-hybridized carbons (Fsp3) is 0.333. The van der Waals surface area contributed by atoms with Crippen molar-refractivity contribution in [1.29, 1.82) is 0 Å². The van der Waals surface area contributed by atoms with Gasteiger partial charge < -0.3 is 14.6 Å². The van der Waals surface area contributed by atoms with Gasteiger partial charge in [-0.15, -0.1) is 23.2 Å². The van der Waals surface area contributed by atoms with Crippen LogP contribution in [0.2, 0.25) is 0 Å². The standard InChI is InChI=1S/C36H31Cl2FN2O7/c1-4-18-5-9-21(10-6-18)40-31(43)24-14-13-23-25(28(24)32(40)44)17-35(37)33(45)41(22-11-7-20(39)8-12-22)34(46)36(35,38)29(23)19-15-26(47-2)30(42)27(16-19)48-3/h5-13,15-16,24-25,28-29,42H,4,14,17H2,1-3H3/t24-,25+,28-,29-,35+,36-/m0/s1. The van der Waals surface area contributed by atoms with E-state index in [2.05, 4.69) is 0 Å². The number of carbonyl (C=O) groups is 4. The molecule has 1 saturated carbocycles. The summed E-state index contributed by atoms with van der Waals surface area (Å²) in [6, 6.07) is 15.0. The van der Waals surface area contributed by atoms with Crippen molar-refractivity contribution >= 4 is 58.2 Å². The summed E-state index contributed by atoms with van der Waals surface area (Å²) in [5, 5.41) is 10.7. The van der Waals surface area contributed by atoms with Crippen molar-refractivity contribution in [3.63, 3.8) is 0 Å². The van der Waals surface area contributed by atoms with E-state index < -0.39 is 57.0 Å². The SMILES string of the molecule is CCc1ccc(N2C(=O)[C@H]3[C@H](CC=C4[C@H]3C[C@@]3(Cl)C(=O)N(c5ccc(F)cc5)C(=O)[C@@]3(Cl)[C@H]4c3cc(OC)c(O)c(OC)c3)C2=O)cc1. The van der Waals surface area contributed by atoms with Gasteiger partial charge in [0.25, 0.3) is 11.8 Å². The third-order valence-electron chi connectivity index (χ3n) is 10.3. The van der Waals surface area contributed by atoms with E-state index in [4.69, 9.17) is 32.7 Å². The Kier molecular flexibility index (Phi) is 7.60. The Balaban J connectivity index is 1.41. The molecule has 0 aromatic heterocycles. The number of imide groups is 2. The van der Waals surface area contributed by atoms with Crippen LogP contribution in [0.3, 0.4) is 0 Å². The number of anilines is 2. The molecule has 0 spiro atoms. The number of phenolic OH excluding ortho intramolecular Hbond substituents is 1. The second-order valence-electron chi connectivity index (χ2n) is 12.6. The van der Waals surface area contributed by atoms with Crippen molar-refractivity contribution in [1.82, 2.24) is 0 Å². The molecular weight excluding hydrogens is 662 g/mol. The second kappa shape index (κ2) is 11.3. The fourth-order valence-electron chi connectivity index (χ4n) is 7.99. The van der Waals surface area contributed by atoms with Gasteiger partial charge in [0.05, 0.1) is 37.4 Å². The molecule has 0 radical (unpaired) electrons. The number of ether oxygens (including phenoxy) is 2. The van der Waals surface area contributed by atoms with Crippen LogP contribution in [0.4, 0.5) is 15.8 Å². The molecule has 48 heavy (non-hydrogen) atoms. The number of benzene rings is 3. The normalized spacial score (nSPS) is 29.4. The lowest BCUT2D eigenvalue weighted by atomic mass is 9.56. The van der Waals surface area contributed by atoms with Crippen molar-refractivity contribution < 1.29 is 38.1 Å². The van der Waals surface area contributed by atoms with Crippen molar-refractivity contribution in [3.05, 3.63) is 89.3 Å². The van der Waals surface area contributed by atoms with E-state index in [1.54, 1.807) is 12.1 Å². The number of aromatic hydroxyl groups is 1. The Morgan fingerprint density at radius 1 is 0.854 bits per heavy atom. The van der Waals surface area contributed by atoms with Crippen LogP contribution in [0, 0.1) is 23.6 Å². The van der Waals surface area contributed by atoms with E-state index >= 15 is 0 Å². The molecule has 3 aromatic carbocycles. The molecular formula is C36H31Cl2FN2O7. The van der Waals surface area contributed by atoms with Gasteiger partial charge in [-0.05, 0) is 84.8 Å². The Morgan fingerprint density at radius 3 is 2.02 bits per heavy atom. The van der Waals surface area contributed by atoms with Crippen LogP contribution < -0.4 is 19.3 Å². The van der Waals surface area contributed by atoms with Gasteiger partial charge in [-0.25, -0.2) is 9.29 Å². The summed E-state index contributed by atoms with van der Waals surface area (Å²) in [7, 11) is 2.69. The predicted molar refractivity (Wildman–Crippen MR) is 176 cm³/mol. The van der Waals surface area contributed by atoms with E-state index in [-0.39, 0.29) is 41.7 Å². The Labute approximate surface area is 285 Å². The highest BCUT2D eigenvalue weighted by Crippen LogP contribution is 2.66. The average molecular weight is 694 g/mol. The van der Waals surface area contributed by atoms with Crippen LogP contribution in [0.1, 0.15) is 36.8 Å². The van der Waals surface area contributed by atoms with Gasteiger partial charge in [-0.1, -0.05) is 30.7 Å². The fourth-order valence-corrected chi connectivity index (χ4v) is 8.92. The summed E-state index contributed by atoms with van der Waals surface area (Å²) in [5.74, 6) is -6.83. The Bertz CT molecular complexity index is 1890. The van der Waals surface area contributed by atoms with Crippen molar-refractivity contribution in [2.24, 2.45) is 17.8 Å². The van der Waals surface area contributed by atoms with E-state index in [1.807, 2.05) is 25.1 Å². The van der Waals surface area contributed by atoms with Crippen LogP contribution in [-0.4, -0.2) is 52.7 Å². The van der Waals surface area contributed by atoms with Crippen LogP contribution in [-0.2, 0) is 25.6 Å². The first-order chi connectivity index (χ1) is 22.9. The van der Waals surface area contributed by atoms with Crippen LogP contribution in [0.15, 0.2) is 72.3 Å². The van der Waals surface area contributed by atoms with Crippen LogP contribution in [0.25, 0.3) is 0 Å². The monoisotopic (exact) mass is 692 g/mol. The lowest BCUT2D eigenvalue weighted by Crippen LogP contribution is -2.60. The van der Waals surface area contributed by atoms with Crippen LogP contribution >= 0.6 is 23.2 Å². The number of nitrogens with zero attached hydrogens (tertiary/aromatic N) is 2. The highest BCUT2D eigenvalue weighted by atomic mass is 35.5. The molecule has 3 aromatic rings. The Hall–Kier alpha value is -4.41. The first kappa shape index (κ1) is 32.2. The molecule has 3 fully saturated rings. The molecule has 0 bridgehead atoms. The number of amides is 4. The first-order valence-corrected chi connectivity index (χ1v) is 16.3. The van der Waals surface area contributed by atoms with Gasteiger partial charge in [0.15, 0.2) is 21.2 Å². The Morgan fingerprint density at radius 2 is 1.44 bits per heavy atom. The molecule has 248 valence electrons. The number of aryl methyl sites for hydroxylation is 1. The minimum absolute atomic E-state index is 0.0159.